The van der Waals surface area contributed by atoms with Crippen LogP contribution in [0.5, 0.6) is 0 Å². The summed E-state index contributed by atoms with van der Waals surface area (Å²) < 4.78 is 32.8. The Bertz CT molecular complexity index is 1350. The van der Waals surface area contributed by atoms with Crippen LogP contribution in [-0.4, -0.2) is 49.3 Å². The maximum atomic E-state index is 12.6. The number of unbranched alkanes of at least 4 members (excludes halogenated alkanes) is 16. The van der Waals surface area contributed by atoms with Crippen LogP contribution in [0.15, 0.2) is 97.2 Å². The van der Waals surface area contributed by atoms with Gasteiger partial charge in [-0.3, -0.25) is 18.6 Å². The van der Waals surface area contributed by atoms with Crippen LogP contribution >= 0.6 is 7.82 Å². The highest BCUT2D eigenvalue weighted by molar-refractivity contribution is 7.47. The van der Waals surface area contributed by atoms with Gasteiger partial charge in [0.1, 0.15) is 6.61 Å². The van der Waals surface area contributed by atoms with Gasteiger partial charge < -0.3 is 20.1 Å². The predicted octanol–water partition coefficient (Wildman–Crippen LogP) is 14.9. The van der Waals surface area contributed by atoms with Crippen LogP contribution in [0.3, 0.4) is 0 Å². The van der Waals surface area contributed by atoms with Gasteiger partial charge in [-0.1, -0.05) is 201 Å². The molecule has 0 aromatic carbocycles. The second-order valence-electron chi connectivity index (χ2n) is 16.0. The summed E-state index contributed by atoms with van der Waals surface area (Å²) in [5, 5.41) is 0. The monoisotopic (exact) mass is 900 g/mol. The average molecular weight is 900 g/mol. The van der Waals surface area contributed by atoms with E-state index in [1.54, 1.807) is 0 Å². The molecule has 0 aliphatic rings. The fraction of sp³-hybridized carbons (Fsp3) is 0.660. The smallest absolute Gasteiger partial charge is 0.462 e. The van der Waals surface area contributed by atoms with Crippen LogP contribution in [0, 0.1) is 0 Å². The van der Waals surface area contributed by atoms with Gasteiger partial charge in [-0.05, 0) is 77.0 Å². The summed E-state index contributed by atoms with van der Waals surface area (Å²) in [5.41, 5.74) is 5.35. The molecule has 10 heteroatoms. The Labute approximate surface area is 385 Å². The molecule has 9 nitrogen and oxygen atoms in total. The number of allylic oxidation sites excluding steroid dienone is 16. The van der Waals surface area contributed by atoms with E-state index >= 15 is 0 Å². The lowest BCUT2D eigenvalue weighted by molar-refractivity contribution is -0.161. The third-order valence-electron chi connectivity index (χ3n) is 9.98. The molecular weight excluding hydrogens is 810 g/mol. The van der Waals surface area contributed by atoms with E-state index in [4.69, 9.17) is 24.3 Å². The maximum absolute atomic E-state index is 12.6. The van der Waals surface area contributed by atoms with Gasteiger partial charge in [0, 0.05) is 19.4 Å². The van der Waals surface area contributed by atoms with E-state index in [-0.39, 0.29) is 32.6 Å². The molecule has 0 aromatic heterocycles. The summed E-state index contributed by atoms with van der Waals surface area (Å²) in [6.45, 7) is 3.57. The van der Waals surface area contributed by atoms with E-state index < -0.39 is 32.5 Å². The van der Waals surface area contributed by atoms with E-state index in [0.29, 0.717) is 6.42 Å². The van der Waals surface area contributed by atoms with E-state index in [0.717, 1.165) is 96.3 Å². The minimum atomic E-state index is -4.38. The van der Waals surface area contributed by atoms with Crippen molar-refractivity contribution in [3.63, 3.8) is 0 Å². The number of hydrogen-bond donors (Lipinski definition) is 2. The molecule has 0 aliphatic carbocycles. The highest BCUT2D eigenvalue weighted by Gasteiger charge is 2.26. The first-order valence-corrected chi connectivity index (χ1v) is 26.2. The van der Waals surface area contributed by atoms with Gasteiger partial charge in [-0.15, -0.1) is 0 Å². The molecule has 0 aliphatic heterocycles. The Morgan fingerprint density at radius 1 is 0.492 bits per heavy atom. The molecule has 0 radical (unpaired) electrons. The van der Waals surface area contributed by atoms with E-state index in [1.807, 2.05) is 0 Å². The molecule has 2 atom stereocenters. The van der Waals surface area contributed by atoms with E-state index in [9.17, 15) is 19.0 Å². The first-order valence-electron chi connectivity index (χ1n) is 24.7. The Morgan fingerprint density at radius 2 is 0.873 bits per heavy atom. The van der Waals surface area contributed by atoms with Gasteiger partial charge in [0.2, 0.25) is 0 Å². The van der Waals surface area contributed by atoms with Gasteiger partial charge in [0.05, 0.1) is 13.2 Å². The number of carbonyl (C=O) groups excluding carboxylic acids is 2. The number of carbonyl (C=O) groups is 2. The molecule has 3 N–H and O–H groups in total. The summed E-state index contributed by atoms with van der Waals surface area (Å²) in [5.74, 6) is -0.846. The van der Waals surface area contributed by atoms with Gasteiger partial charge in [-0.2, -0.15) is 0 Å². The Hall–Kier alpha value is -3.07. The topological polar surface area (TPSA) is 134 Å². The van der Waals surface area contributed by atoms with Crippen LogP contribution in [0.25, 0.3) is 0 Å². The third-order valence-corrected chi connectivity index (χ3v) is 11.0. The fourth-order valence-corrected chi connectivity index (χ4v) is 7.12. The van der Waals surface area contributed by atoms with Crippen LogP contribution < -0.4 is 5.73 Å². The van der Waals surface area contributed by atoms with Crippen molar-refractivity contribution in [2.45, 2.75) is 200 Å². The molecule has 0 amide bonds. The molecular formula is C53H90NO8P. The molecule has 0 fully saturated rings. The summed E-state index contributed by atoms with van der Waals surface area (Å²) >= 11 is 0. The minimum Gasteiger partial charge on any atom is -0.462 e. The van der Waals surface area contributed by atoms with Crippen molar-refractivity contribution in [3.8, 4) is 0 Å². The Morgan fingerprint density at radius 3 is 1.30 bits per heavy atom. The molecule has 0 saturated carbocycles. The van der Waals surface area contributed by atoms with Crippen LogP contribution in [0.2, 0.25) is 0 Å². The highest BCUT2D eigenvalue weighted by atomic mass is 31.2. The molecule has 0 saturated heterocycles. The number of phosphoric acid groups is 1. The molecule has 2 unspecified atom stereocenters. The van der Waals surface area contributed by atoms with Gasteiger partial charge >= 0.3 is 19.8 Å². The number of esters is 2. The summed E-state index contributed by atoms with van der Waals surface area (Å²) in [7, 11) is -4.38. The first-order chi connectivity index (χ1) is 30.8. The van der Waals surface area contributed by atoms with Gasteiger partial charge in [0.15, 0.2) is 6.10 Å². The Kier molecular flexibility index (Phi) is 46.0. The molecule has 0 bridgehead atoms. The lowest BCUT2D eigenvalue weighted by Gasteiger charge is -2.19. The zero-order chi connectivity index (χ0) is 46.0. The zero-order valence-electron chi connectivity index (χ0n) is 39.8. The van der Waals surface area contributed by atoms with Crippen molar-refractivity contribution in [1.29, 1.82) is 0 Å². The molecule has 0 heterocycles. The van der Waals surface area contributed by atoms with E-state index in [1.165, 1.54) is 64.2 Å². The second kappa shape index (κ2) is 48.4. The van der Waals surface area contributed by atoms with E-state index in [2.05, 4.69) is 111 Å². The lowest BCUT2D eigenvalue weighted by atomic mass is 10.1. The second-order valence-corrected chi connectivity index (χ2v) is 17.4. The van der Waals surface area contributed by atoms with Crippen molar-refractivity contribution in [1.82, 2.24) is 0 Å². The number of rotatable bonds is 45. The van der Waals surface area contributed by atoms with Crippen molar-refractivity contribution in [3.05, 3.63) is 97.2 Å². The van der Waals surface area contributed by atoms with Gasteiger partial charge in [-0.25, -0.2) is 4.57 Å². The first kappa shape index (κ1) is 59.9. The van der Waals surface area contributed by atoms with Gasteiger partial charge in [0.25, 0.3) is 0 Å². The molecule has 0 aromatic rings. The average Bonchev–Trinajstić information content (AvgIpc) is 3.27. The number of hydrogen-bond acceptors (Lipinski definition) is 8. The number of nitrogens with two attached hydrogens (primary N) is 1. The standard InChI is InChI=1S/C53H90NO8P/c1-3-5-7-9-11-13-14-15-16-17-18-19-20-21-22-23-24-25-26-27-28-29-30-31-32-33-34-35-36-38-40-42-44-46-53(56)62-51(50-61-63(57,58)60-48-47-54)49-59-52(55)45-43-41-39-37-12-10-8-6-4-2/h5,7,11,13,15-16,18-19,21-22,24-25,27-28,30-31,51H,3-4,6,8-10,12,14,17,20,23,26,29,32-50,54H2,1-2H3,(H,57,58)/b7-5-,13-11-,16-15-,19-18-,22-21-,25-24-,28-27-,31-30-. The van der Waals surface area contributed by atoms with Crippen LogP contribution in [-0.2, 0) is 32.7 Å². The molecule has 0 spiro atoms. The summed E-state index contributed by atoms with van der Waals surface area (Å²) in [6, 6.07) is 0. The zero-order valence-corrected chi connectivity index (χ0v) is 40.7. The van der Waals surface area contributed by atoms with Crippen LogP contribution in [0.1, 0.15) is 194 Å². The highest BCUT2D eigenvalue weighted by Crippen LogP contribution is 2.43. The number of phosphoric ester groups is 1. The minimum absolute atomic E-state index is 0.0483. The van der Waals surface area contributed by atoms with Crippen molar-refractivity contribution in [2.75, 3.05) is 26.4 Å². The predicted molar refractivity (Wildman–Crippen MR) is 265 cm³/mol. The molecule has 0 rings (SSSR count). The maximum Gasteiger partial charge on any atom is 0.472 e. The van der Waals surface area contributed by atoms with Crippen LogP contribution in [0.4, 0.5) is 0 Å². The summed E-state index contributed by atoms with van der Waals surface area (Å²) in [6.07, 6.45) is 63.2. The largest absolute Gasteiger partial charge is 0.472 e. The SMILES string of the molecule is CC/C=C\C/C=C\C/C=C\C/C=C\C/C=C\C/C=C\C/C=C\C/C=C\CCCCCCCCCCC(=O)OC(COC(=O)CCCCCCCCCCC)COP(=O)(O)OCCN. The molecule has 360 valence electrons. The number of ether oxygens (including phenoxy) is 2. The Balaban J connectivity index is 4.00. The molecule has 63 heavy (non-hydrogen) atoms. The normalized spacial score (nSPS) is 14.0. The third kappa shape index (κ3) is 48.2. The van der Waals surface area contributed by atoms with Crippen molar-refractivity contribution < 1.29 is 37.6 Å². The lowest BCUT2D eigenvalue weighted by Crippen LogP contribution is -2.29. The van der Waals surface area contributed by atoms with Crippen molar-refractivity contribution >= 4 is 19.8 Å². The summed E-state index contributed by atoms with van der Waals surface area (Å²) in [4.78, 5) is 34.8. The van der Waals surface area contributed by atoms with Crippen molar-refractivity contribution in [2.24, 2.45) is 5.73 Å². The quantitative estimate of drug-likeness (QED) is 0.0265. The fourth-order valence-electron chi connectivity index (χ4n) is 6.36.